The van der Waals surface area contributed by atoms with Gasteiger partial charge in [0.1, 0.15) is 11.5 Å². The second-order valence-corrected chi connectivity index (χ2v) is 8.23. The van der Waals surface area contributed by atoms with Crippen LogP contribution in [0, 0.1) is 19.7 Å². The number of benzene rings is 3. The smallest absolute Gasteiger partial charge is 0.251 e. The number of rotatable bonds is 4. The number of nitrogens with one attached hydrogen (secondary N) is 1. The van der Waals surface area contributed by atoms with Crippen LogP contribution in [-0.2, 0) is 0 Å². The standard InChI is InChI=1S/C26H22FN3O/c1-15-3-4-18(26(31)29-21-7-8-21)13-24(15)17-5-9-23-19(12-17)14-28-30-25(23)22-10-6-20(27)11-16(22)2/h3-6,9-14,21H,7-8H2,1-2H3,(H,29,31). The Kier molecular flexibility index (Phi) is 4.74. The van der Waals surface area contributed by atoms with Crippen LogP contribution >= 0.6 is 0 Å². The van der Waals surface area contributed by atoms with E-state index >= 15 is 0 Å². The number of aryl methyl sites for hydroxylation is 2. The molecular weight excluding hydrogens is 389 g/mol. The van der Waals surface area contributed by atoms with Crippen molar-refractivity contribution >= 4 is 16.7 Å². The Balaban J connectivity index is 1.57. The molecule has 1 aliphatic rings. The molecule has 4 aromatic rings. The van der Waals surface area contributed by atoms with Crippen LogP contribution in [0.4, 0.5) is 4.39 Å². The van der Waals surface area contributed by atoms with Crippen LogP contribution < -0.4 is 5.32 Å². The first-order valence-electron chi connectivity index (χ1n) is 10.4. The van der Waals surface area contributed by atoms with Crippen LogP contribution in [0.2, 0.25) is 0 Å². The zero-order valence-electron chi connectivity index (χ0n) is 17.4. The summed E-state index contributed by atoms with van der Waals surface area (Å²) < 4.78 is 13.6. The van der Waals surface area contributed by atoms with Gasteiger partial charge in [0, 0.05) is 27.9 Å². The van der Waals surface area contributed by atoms with E-state index in [-0.39, 0.29) is 11.7 Å². The minimum Gasteiger partial charge on any atom is -0.349 e. The van der Waals surface area contributed by atoms with Crippen molar-refractivity contribution < 1.29 is 9.18 Å². The zero-order chi connectivity index (χ0) is 21.5. The molecule has 154 valence electrons. The quantitative estimate of drug-likeness (QED) is 0.475. The van der Waals surface area contributed by atoms with Gasteiger partial charge in [-0.15, -0.1) is 5.10 Å². The van der Waals surface area contributed by atoms with Crippen molar-refractivity contribution in [2.24, 2.45) is 0 Å². The summed E-state index contributed by atoms with van der Waals surface area (Å²) in [5.74, 6) is -0.290. The van der Waals surface area contributed by atoms with E-state index < -0.39 is 0 Å². The van der Waals surface area contributed by atoms with Crippen molar-refractivity contribution in [2.45, 2.75) is 32.7 Å². The van der Waals surface area contributed by atoms with Gasteiger partial charge in [0.15, 0.2) is 0 Å². The van der Waals surface area contributed by atoms with Gasteiger partial charge >= 0.3 is 0 Å². The lowest BCUT2D eigenvalue weighted by Gasteiger charge is -2.12. The molecule has 1 fully saturated rings. The number of halogens is 1. The maximum atomic E-state index is 13.6. The van der Waals surface area contributed by atoms with E-state index in [9.17, 15) is 9.18 Å². The zero-order valence-corrected chi connectivity index (χ0v) is 17.4. The monoisotopic (exact) mass is 411 g/mol. The van der Waals surface area contributed by atoms with Gasteiger partial charge in [0.25, 0.3) is 5.91 Å². The van der Waals surface area contributed by atoms with Gasteiger partial charge in [0.2, 0.25) is 0 Å². The highest BCUT2D eigenvalue weighted by atomic mass is 19.1. The van der Waals surface area contributed by atoms with Crippen LogP contribution in [0.15, 0.2) is 60.8 Å². The Morgan fingerprint density at radius 3 is 2.58 bits per heavy atom. The number of fused-ring (bicyclic) bond motifs is 1. The Morgan fingerprint density at radius 2 is 1.81 bits per heavy atom. The minimum atomic E-state index is -0.266. The van der Waals surface area contributed by atoms with Gasteiger partial charge in [-0.05, 0) is 85.3 Å². The first-order valence-corrected chi connectivity index (χ1v) is 10.4. The lowest BCUT2D eigenvalue weighted by atomic mass is 9.94. The topological polar surface area (TPSA) is 54.9 Å². The molecule has 4 nitrogen and oxygen atoms in total. The van der Waals surface area contributed by atoms with Crippen molar-refractivity contribution in [2.75, 3.05) is 0 Å². The molecule has 31 heavy (non-hydrogen) atoms. The van der Waals surface area contributed by atoms with Crippen LogP contribution in [0.1, 0.15) is 34.3 Å². The highest BCUT2D eigenvalue weighted by Crippen LogP contribution is 2.33. The SMILES string of the molecule is Cc1ccc(C(=O)NC2CC2)cc1-c1ccc2c(-c3ccc(F)cc3C)nncc2c1. The third-order valence-electron chi connectivity index (χ3n) is 5.83. The van der Waals surface area contributed by atoms with E-state index in [2.05, 4.69) is 21.6 Å². The number of amides is 1. The fourth-order valence-electron chi connectivity index (χ4n) is 3.92. The van der Waals surface area contributed by atoms with Gasteiger partial charge in [-0.3, -0.25) is 4.79 Å². The number of carbonyl (C=O) groups is 1. The maximum absolute atomic E-state index is 13.6. The van der Waals surface area contributed by atoms with E-state index in [1.165, 1.54) is 12.1 Å². The molecule has 0 aliphatic heterocycles. The molecule has 1 saturated carbocycles. The highest BCUT2D eigenvalue weighted by Gasteiger charge is 2.24. The van der Waals surface area contributed by atoms with Crippen molar-refractivity contribution in [1.29, 1.82) is 0 Å². The Labute approximate surface area is 180 Å². The molecule has 0 unspecified atom stereocenters. The Hall–Kier alpha value is -3.60. The molecule has 0 radical (unpaired) electrons. The van der Waals surface area contributed by atoms with Crippen LogP contribution in [0.25, 0.3) is 33.2 Å². The first kappa shape index (κ1) is 19.4. The average molecular weight is 411 g/mol. The fourth-order valence-corrected chi connectivity index (χ4v) is 3.92. The largest absolute Gasteiger partial charge is 0.349 e. The Morgan fingerprint density at radius 1 is 0.968 bits per heavy atom. The van der Waals surface area contributed by atoms with Gasteiger partial charge in [0.05, 0.1) is 6.20 Å². The molecule has 1 amide bonds. The minimum absolute atomic E-state index is 0.0236. The van der Waals surface area contributed by atoms with Crippen LogP contribution in [-0.4, -0.2) is 22.1 Å². The number of aromatic nitrogens is 2. The number of carbonyl (C=O) groups excluding carboxylic acids is 1. The molecule has 3 aromatic carbocycles. The lowest BCUT2D eigenvalue weighted by molar-refractivity contribution is 0.0951. The molecule has 1 N–H and O–H groups in total. The summed E-state index contributed by atoms with van der Waals surface area (Å²) in [5.41, 5.74) is 6.21. The van der Waals surface area contributed by atoms with E-state index in [0.29, 0.717) is 11.6 Å². The maximum Gasteiger partial charge on any atom is 0.251 e. The normalized spacial score (nSPS) is 13.4. The summed E-state index contributed by atoms with van der Waals surface area (Å²) in [6.07, 6.45) is 3.86. The molecule has 5 rings (SSSR count). The molecule has 5 heteroatoms. The number of hydrogen-bond donors (Lipinski definition) is 1. The molecule has 1 aliphatic carbocycles. The van der Waals surface area contributed by atoms with Crippen molar-refractivity contribution in [3.63, 3.8) is 0 Å². The summed E-state index contributed by atoms with van der Waals surface area (Å²) in [6, 6.07) is 17.0. The van der Waals surface area contributed by atoms with E-state index in [0.717, 1.165) is 57.1 Å². The molecular formula is C26H22FN3O. The van der Waals surface area contributed by atoms with Crippen molar-refractivity contribution in [3.8, 4) is 22.4 Å². The van der Waals surface area contributed by atoms with Crippen LogP contribution in [0.5, 0.6) is 0 Å². The molecule has 0 bridgehead atoms. The van der Waals surface area contributed by atoms with Gasteiger partial charge in [-0.2, -0.15) is 5.10 Å². The summed E-state index contributed by atoms with van der Waals surface area (Å²) in [7, 11) is 0. The molecule has 0 spiro atoms. The summed E-state index contributed by atoms with van der Waals surface area (Å²) in [4.78, 5) is 12.5. The molecule has 1 aromatic heterocycles. The van der Waals surface area contributed by atoms with E-state index in [1.807, 2.05) is 44.2 Å². The molecule has 0 saturated heterocycles. The predicted octanol–water partition coefficient (Wildman–Crippen LogP) is 5.61. The van der Waals surface area contributed by atoms with Crippen molar-refractivity contribution in [3.05, 3.63) is 83.3 Å². The first-order chi connectivity index (χ1) is 15.0. The molecule has 0 atom stereocenters. The van der Waals surface area contributed by atoms with Gasteiger partial charge in [-0.1, -0.05) is 18.2 Å². The number of nitrogens with zero attached hydrogens (tertiary/aromatic N) is 2. The second kappa shape index (κ2) is 7.58. The van der Waals surface area contributed by atoms with E-state index in [4.69, 9.17) is 0 Å². The summed E-state index contributed by atoms with van der Waals surface area (Å²) in [5, 5.41) is 13.5. The highest BCUT2D eigenvalue weighted by molar-refractivity contribution is 5.99. The predicted molar refractivity (Wildman–Crippen MR) is 120 cm³/mol. The molecule has 1 heterocycles. The van der Waals surface area contributed by atoms with E-state index in [1.54, 1.807) is 12.3 Å². The third kappa shape index (κ3) is 3.79. The number of hydrogen-bond acceptors (Lipinski definition) is 3. The van der Waals surface area contributed by atoms with Gasteiger partial charge < -0.3 is 5.32 Å². The van der Waals surface area contributed by atoms with Gasteiger partial charge in [-0.25, -0.2) is 4.39 Å². The fraction of sp³-hybridized carbons (Fsp3) is 0.192. The summed E-state index contributed by atoms with van der Waals surface area (Å²) in [6.45, 7) is 3.91. The lowest BCUT2D eigenvalue weighted by Crippen LogP contribution is -2.25. The average Bonchev–Trinajstić information content (AvgIpc) is 3.57. The van der Waals surface area contributed by atoms with Crippen molar-refractivity contribution in [1.82, 2.24) is 15.5 Å². The van der Waals surface area contributed by atoms with Crippen LogP contribution in [0.3, 0.4) is 0 Å². The Bertz CT molecular complexity index is 1330. The summed E-state index contributed by atoms with van der Waals surface area (Å²) >= 11 is 0. The second-order valence-electron chi connectivity index (χ2n) is 8.23. The third-order valence-corrected chi connectivity index (χ3v) is 5.83.